The van der Waals surface area contributed by atoms with E-state index in [1.807, 2.05) is 19.1 Å². The highest BCUT2D eigenvalue weighted by Crippen LogP contribution is 2.41. The van der Waals surface area contributed by atoms with Crippen LogP contribution in [0.4, 0.5) is 10.1 Å². The minimum atomic E-state index is -3.71. The quantitative estimate of drug-likeness (QED) is 0.185. The average molecular weight is 570 g/mol. The van der Waals surface area contributed by atoms with E-state index in [9.17, 15) is 22.2 Å². The van der Waals surface area contributed by atoms with Crippen molar-refractivity contribution in [2.45, 2.75) is 30.6 Å². The normalized spacial score (nSPS) is 16.4. The molecule has 3 aromatic carbocycles. The molecule has 0 aliphatic carbocycles. The maximum Gasteiger partial charge on any atom is 0.255 e. The Morgan fingerprint density at radius 3 is 2.62 bits per heavy atom. The van der Waals surface area contributed by atoms with Crippen LogP contribution in [0.25, 0.3) is 22.3 Å². The zero-order chi connectivity index (χ0) is 27.7. The second kappa shape index (κ2) is 11.0. The molecule has 1 amide bonds. The van der Waals surface area contributed by atoms with Crippen LogP contribution in [0.1, 0.15) is 40.2 Å². The Hall–Kier alpha value is -3.38. The van der Waals surface area contributed by atoms with Crippen LogP contribution in [0.2, 0.25) is 0 Å². The van der Waals surface area contributed by atoms with E-state index < -0.39 is 15.8 Å². The van der Waals surface area contributed by atoms with Gasteiger partial charge in [0.15, 0.2) is 0 Å². The van der Waals surface area contributed by atoms with E-state index in [1.165, 1.54) is 35.6 Å². The Kier molecular flexibility index (Phi) is 7.68. The maximum atomic E-state index is 13.6. The molecule has 11 heteroatoms. The van der Waals surface area contributed by atoms with E-state index in [-0.39, 0.29) is 29.0 Å². The Bertz CT molecular complexity index is 1640. The second-order valence-electron chi connectivity index (χ2n) is 9.54. The first-order valence-electron chi connectivity index (χ1n) is 12.4. The summed E-state index contributed by atoms with van der Waals surface area (Å²) >= 11 is 0.422. The van der Waals surface area contributed by atoms with Crippen molar-refractivity contribution in [2.75, 3.05) is 24.9 Å². The molecule has 0 spiro atoms. The standard InChI is InChI=1S/C28H28FN3O5S2/c1-17-5-3-7-21(13-17)39(35,36)32-12-4-6-19(16-32)22-14-23-25(15-24(22)31-38-34)37-27(26(23)28(33)30-2)18-8-10-20(29)11-9-18/h3,5,7-11,13-15,19,31,34H,4,6,12,16H2,1-2H3,(H,30,33)/t19-/m0/s1. The Morgan fingerprint density at radius 1 is 1.15 bits per heavy atom. The summed E-state index contributed by atoms with van der Waals surface area (Å²) in [5.41, 5.74) is 3.39. The van der Waals surface area contributed by atoms with Gasteiger partial charge in [-0.25, -0.2) is 12.8 Å². The minimum Gasteiger partial charge on any atom is -0.455 e. The van der Waals surface area contributed by atoms with Crippen molar-refractivity contribution in [1.29, 1.82) is 0 Å². The van der Waals surface area contributed by atoms with Gasteiger partial charge in [0, 0.05) is 37.2 Å². The largest absolute Gasteiger partial charge is 0.455 e. The van der Waals surface area contributed by atoms with Gasteiger partial charge in [0.1, 0.15) is 29.4 Å². The number of halogens is 1. The summed E-state index contributed by atoms with van der Waals surface area (Å²) in [5.74, 6) is -0.702. The third-order valence-electron chi connectivity index (χ3n) is 7.03. The third kappa shape index (κ3) is 5.27. The van der Waals surface area contributed by atoms with Crippen molar-refractivity contribution in [3.63, 3.8) is 0 Å². The molecule has 204 valence electrons. The lowest BCUT2D eigenvalue weighted by molar-refractivity contribution is 0.0964. The molecule has 1 aliphatic rings. The molecular weight excluding hydrogens is 541 g/mol. The fraction of sp³-hybridized carbons (Fsp3) is 0.250. The van der Waals surface area contributed by atoms with Gasteiger partial charge >= 0.3 is 0 Å². The van der Waals surface area contributed by atoms with Crippen LogP contribution in [0, 0.1) is 12.7 Å². The predicted molar refractivity (Wildman–Crippen MR) is 151 cm³/mol. The number of carbonyl (C=O) groups is 1. The number of carbonyl (C=O) groups excluding carboxylic acids is 1. The summed E-state index contributed by atoms with van der Waals surface area (Å²) < 4.78 is 60.6. The highest BCUT2D eigenvalue weighted by Gasteiger charge is 2.33. The van der Waals surface area contributed by atoms with Gasteiger partial charge in [0.05, 0.1) is 16.1 Å². The maximum absolute atomic E-state index is 13.6. The zero-order valence-corrected chi connectivity index (χ0v) is 23.0. The van der Waals surface area contributed by atoms with E-state index in [0.29, 0.717) is 59.4 Å². The van der Waals surface area contributed by atoms with Gasteiger partial charge in [-0.15, -0.1) is 0 Å². The van der Waals surface area contributed by atoms with Crippen molar-refractivity contribution in [3.8, 4) is 11.3 Å². The van der Waals surface area contributed by atoms with Crippen LogP contribution in [0.5, 0.6) is 0 Å². The molecule has 3 N–H and O–H groups in total. The molecule has 0 bridgehead atoms. The molecule has 8 nitrogen and oxygen atoms in total. The van der Waals surface area contributed by atoms with E-state index in [1.54, 1.807) is 24.3 Å². The lowest BCUT2D eigenvalue weighted by atomic mass is 9.89. The molecule has 0 saturated carbocycles. The van der Waals surface area contributed by atoms with Crippen molar-refractivity contribution in [2.24, 2.45) is 0 Å². The number of benzene rings is 3. The first-order chi connectivity index (χ1) is 18.7. The summed E-state index contributed by atoms with van der Waals surface area (Å²) in [6, 6.07) is 16.0. The van der Waals surface area contributed by atoms with Crippen molar-refractivity contribution < 1.29 is 26.6 Å². The Balaban J connectivity index is 1.60. The number of amides is 1. The number of piperidine rings is 1. The van der Waals surface area contributed by atoms with Crippen LogP contribution in [0.3, 0.4) is 0 Å². The molecule has 5 rings (SSSR count). The topological polar surface area (TPSA) is 112 Å². The molecule has 4 aromatic rings. The van der Waals surface area contributed by atoms with Gasteiger partial charge in [-0.1, -0.05) is 12.1 Å². The fourth-order valence-electron chi connectivity index (χ4n) is 5.13. The van der Waals surface area contributed by atoms with Crippen LogP contribution in [0.15, 0.2) is 70.0 Å². The number of fused-ring (bicyclic) bond motifs is 1. The molecule has 0 radical (unpaired) electrons. The zero-order valence-electron chi connectivity index (χ0n) is 21.4. The number of hydrogen-bond acceptors (Lipinski definition) is 7. The van der Waals surface area contributed by atoms with E-state index in [0.717, 1.165) is 11.1 Å². The van der Waals surface area contributed by atoms with Crippen LogP contribution in [-0.4, -0.2) is 43.3 Å². The van der Waals surface area contributed by atoms with Gasteiger partial charge < -0.3 is 19.0 Å². The van der Waals surface area contributed by atoms with Crippen LogP contribution >= 0.6 is 12.2 Å². The minimum absolute atomic E-state index is 0.209. The lowest BCUT2D eigenvalue weighted by Gasteiger charge is -2.33. The van der Waals surface area contributed by atoms with E-state index in [2.05, 4.69) is 10.0 Å². The van der Waals surface area contributed by atoms with E-state index in [4.69, 9.17) is 4.42 Å². The molecule has 1 aromatic heterocycles. The molecule has 1 atom stereocenters. The highest BCUT2D eigenvalue weighted by atomic mass is 32.2. The molecule has 2 heterocycles. The van der Waals surface area contributed by atoms with Crippen LogP contribution in [-0.2, 0) is 10.0 Å². The highest BCUT2D eigenvalue weighted by molar-refractivity contribution is 7.95. The van der Waals surface area contributed by atoms with Crippen LogP contribution < -0.4 is 10.0 Å². The predicted octanol–water partition coefficient (Wildman–Crippen LogP) is 6.01. The SMILES string of the molecule is CNC(=O)c1c(-c2ccc(F)cc2)oc2cc(NSO)c([C@H]3CCCN(S(=O)(=O)c4cccc(C)c4)C3)cc12. The second-order valence-corrected chi connectivity index (χ2v) is 11.9. The molecular formula is C28H28FN3O5S2. The number of nitrogens with zero attached hydrogens (tertiary/aromatic N) is 1. The number of aryl methyl sites for hydroxylation is 1. The smallest absolute Gasteiger partial charge is 0.255 e. The van der Waals surface area contributed by atoms with Crippen molar-refractivity contribution in [3.05, 3.63) is 83.2 Å². The fourth-order valence-corrected chi connectivity index (χ4v) is 7.03. The monoisotopic (exact) mass is 569 g/mol. The number of nitrogens with one attached hydrogen (secondary N) is 2. The van der Waals surface area contributed by atoms with Gasteiger partial charge in [-0.05, 0) is 79.3 Å². The van der Waals surface area contributed by atoms with Crippen molar-refractivity contribution in [1.82, 2.24) is 9.62 Å². The molecule has 1 aliphatic heterocycles. The Morgan fingerprint density at radius 2 is 1.92 bits per heavy atom. The van der Waals surface area contributed by atoms with Gasteiger partial charge in [-0.2, -0.15) is 4.31 Å². The lowest BCUT2D eigenvalue weighted by Crippen LogP contribution is -2.39. The molecule has 39 heavy (non-hydrogen) atoms. The summed E-state index contributed by atoms with van der Waals surface area (Å²) in [5, 5.41) is 3.19. The first-order valence-corrected chi connectivity index (χ1v) is 14.7. The first kappa shape index (κ1) is 27.2. The Labute approximate surface area is 230 Å². The van der Waals surface area contributed by atoms with Crippen molar-refractivity contribution >= 4 is 44.8 Å². The average Bonchev–Trinajstić information content (AvgIpc) is 3.31. The number of anilines is 1. The summed E-state index contributed by atoms with van der Waals surface area (Å²) in [7, 11) is -2.19. The van der Waals surface area contributed by atoms with Gasteiger partial charge in [-0.3, -0.25) is 4.79 Å². The molecule has 0 unspecified atom stereocenters. The summed E-state index contributed by atoms with van der Waals surface area (Å²) in [6.07, 6.45) is 1.36. The number of rotatable bonds is 7. The molecule has 1 saturated heterocycles. The van der Waals surface area contributed by atoms with Gasteiger partial charge in [0.2, 0.25) is 10.0 Å². The number of hydrogen-bond donors (Lipinski definition) is 3. The molecule has 1 fully saturated rings. The number of sulfonamides is 1. The van der Waals surface area contributed by atoms with Gasteiger partial charge in [0.25, 0.3) is 5.91 Å². The number of furan rings is 1. The summed E-state index contributed by atoms with van der Waals surface area (Å²) in [4.78, 5) is 13.3. The third-order valence-corrected chi connectivity index (χ3v) is 9.20. The summed E-state index contributed by atoms with van der Waals surface area (Å²) in [6.45, 7) is 2.49. The van der Waals surface area contributed by atoms with E-state index >= 15 is 0 Å².